The fraction of sp³-hybridized carbons (Fsp3) is 0.308. The smallest absolute Gasteiger partial charge is 0.127 e. The highest BCUT2D eigenvalue weighted by atomic mass is 79.9. The summed E-state index contributed by atoms with van der Waals surface area (Å²) >= 11 is 5.00. The molecule has 5 heteroatoms. The normalized spacial score (nSPS) is 12.6. The summed E-state index contributed by atoms with van der Waals surface area (Å²) in [6, 6.07) is 4.98. The molecule has 1 heterocycles. The molecule has 1 atom stereocenters. The summed E-state index contributed by atoms with van der Waals surface area (Å²) in [5, 5.41) is 6.34. The SMILES string of the molecule is CC(CNCc1cc(Br)ccc1F)c1nccs1. The average molecular weight is 329 g/mol. The number of benzene rings is 1. The van der Waals surface area contributed by atoms with Gasteiger partial charge in [-0.2, -0.15) is 0 Å². The van der Waals surface area contributed by atoms with Gasteiger partial charge in [-0.15, -0.1) is 11.3 Å². The first-order chi connectivity index (χ1) is 8.66. The Labute approximate surface area is 118 Å². The summed E-state index contributed by atoms with van der Waals surface area (Å²) in [6.07, 6.45) is 1.81. The number of hydrogen-bond acceptors (Lipinski definition) is 3. The highest BCUT2D eigenvalue weighted by Gasteiger charge is 2.08. The van der Waals surface area contributed by atoms with Gasteiger partial charge in [0.15, 0.2) is 0 Å². The van der Waals surface area contributed by atoms with E-state index in [0.29, 0.717) is 18.0 Å². The molecule has 0 aliphatic carbocycles. The molecule has 0 spiro atoms. The number of aromatic nitrogens is 1. The Morgan fingerprint density at radius 3 is 3.06 bits per heavy atom. The Morgan fingerprint density at radius 2 is 2.33 bits per heavy atom. The van der Waals surface area contributed by atoms with Crippen LogP contribution in [0, 0.1) is 5.82 Å². The van der Waals surface area contributed by atoms with Gasteiger partial charge in [-0.1, -0.05) is 22.9 Å². The zero-order chi connectivity index (χ0) is 13.0. The lowest BCUT2D eigenvalue weighted by molar-refractivity contribution is 0.569. The first-order valence-corrected chi connectivity index (χ1v) is 7.38. The van der Waals surface area contributed by atoms with Crippen molar-refractivity contribution >= 4 is 27.3 Å². The second-order valence-corrected chi connectivity index (χ2v) is 5.98. The molecule has 2 nitrogen and oxygen atoms in total. The lowest BCUT2D eigenvalue weighted by Gasteiger charge is -2.10. The molecule has 0 saturated heterocycles. The summed E-state index contributed by atoms with van der Waals surface area (Å²) in [6.45, 7) is 3.43. The van der Waals surface area contributed by atoms with Crippen molar-refractivity contribution in [2.75, 3.05) is 6.54 Å². The summed E-state index contributed by atoms with van der Waals surface area (Å²) in [5.41, 5.74) is 0.677. The number of nitrogens with one attached hydrogen (secondary N) is 1. The molecule has 0 aliphatic heterocycles. The molecule has 18 heavy (non-hydrogen) atoms. The highest BCUT2D eigenvalue weighted by Crippen LogP contribution is 2.18. The van der Waals surface area contributed by atoms with E-state index in [0.717, 1.165) is 16.0 Å². The predicted octanol–water partition coefficient (Wildman–Crippen LogP) is 3.94. The third-order valence-corrected chi connectivity index (χ3v) is 4.15. The first kappa shape index (κ1) is 13.6. The fourth-order valence-corrected chi connectivity index (χ4v) is 2.77. The van der Waals surface area contributed by atoms with E-state index in [1.807, 2.05) is 11.6 Å². The van der Waals surface area contributed by atoms with E-state index in [1.54, 1.807) is 23.5 Å². The van der Waals surface area contributed by atoms with Gasteiger partial charge in [0.2, 0.25) is 0 Å². The standard InChI is InChI=1S/C13H14BrFN2S/c1-9(13-17-4-5-18-13)7-16-8-10-6-11(14)2-3-12(10)15/h2-6,9,16H,7-8H2,1H3. The minimum absolute atomic E-state index is 0.174. The predicted molar refractivity (Wildman–Crippen MR) is 76.3 cm³/mol. The summed E-state index contributed by atoms with van der Waals surface area (Å²) in [5.74, 6) is 0.174. The number of rotatable bonds is 5. The topological polar surface area (TPSA) is 24.9 Å². The lowest BCUT2D eigenvalue weighted by Crippen LogP contribution is -2.20. The van der Waals surface area contributed by atoms with E-state index >= 15 is 0 Å². The van der Waals surface area contributed by atoms with Crippen molar-refractivity contribution in [3.8, 4) is 0 Å². The van der Waals surface area contributed by atoms with Crippen molar-refractivity contribution in [1.82, 2.24) is 10.3 Å². The molecule has 0 radical (unpaired) electrons. The molecule has 2 rings (SSSR count). The van der Waals surface area contributed by atoms with Crippen LogP contribution in [0.15, 0.2) is 34.2 Å². The molecule has 0 bridgehead atoms. The molecule has 0 fully saturated rings. The maximum atomic E-state index is 13.5. The number of halogens is 2. The van der Waals surface area contributed by atoms with Crippen molar-refractivity contribution in [3.63, 3.8) is 0 Å². The van der Waals surface area contributed by atoms with Crippen molar-refractivity contribution in [2.45, 2.75) is 19.4 Å². The molecule has 1 unspecified atom stereocenters. The van der Waals surface area contributed by atoms with Crippen LogP contribution in [0.25, 0.3) is 0 Å². The van der Waals surface area contributed by atoms with Crippen LogP contribution >= 0.6 is 27.3 Å². The molecule has 0 saturated carbocycles. The van der Waals surface area contributed by atoms with E-state index in [1.165, 1.54) is 6.07 Å². The minimum atomic E-state index is -0.174. The van der Waals surface area contributed by atoms with Gasteiger partial charge in [0.1, 0.15) is 5.82 Å². The van der Waals surface area contributed by atoms with E-state index in [2.05, 4.69) is 33.2 Å². The summed E-state index contributed by atoms with van der Waals surface area (Å²) in [7, 11) is 0. The number of thiazole rings is 1. The molecule has 96 valence electrons. The fourth-order valence-electron chi connectivity index (χ4n) is 1.67. The van der Waals surface area contributed by atoms with Crippen LogP contribution in [0.3, 0.4) is 0 Å². The molecule has 1 aromatic carbocycles. The quantitative estimate of drug-likeness (QED) is 0.899. The zero-order valence-electron chi connectivity index (χ0n) is 9.99. The van der Waals surface area contributed by atoms with Crippen molar-refractivity contribution in [1.29, 1.82) is 0 Å². The maximum absolute atomic E-state index is 13.5. The van der Waals surface area contributed by atoms with Crippen LogP contribution in [-0.4, -0.2) is 11.5 Å². The van der Waals surface area contributed by atoms with Gasteiger partial charge >= 0.3 is 0 Å². The van der Waals surface area contributed by atoms with Crippen molar-refractivity contribution in [2.24, 2.45) is 0 Å². The molecule has 1 N–H and O–H groups in total. The first-order valence-electron chi connectivity index (χ1n) is 5.71. The van der Waals surface area contributed by atoms with E-state index < -0.39 is 0 Å². The monoisotopic (exact) mass is 328 g/mol. The lowest BCUT2D eigenvalue weighted by atomic mass is 10.1. The second kappa shape index (κ2) is 6.41. The minimum Gasteiger partial charge on any atom is -0.312 e. The van der Waals surface area contributed by atoms with E-state index in [9.17, 15) is 4.39 Å². The van der Waals surface area contributed by atoms with Gasteiger partial charge in [-0.05, 0) is 18.2 Å². The van der Waals surface area contributed by atoms with Crippen LogP contribution in [0.5, 0.6) is 0 Å². The molecule has 1 aromatic heterocycles. The van der Waals surface area contributed by atoms with Gasteiger partial charge in [0.25, 0.3) is 0 Å². The molecular weight excluding hydrogens is 315 g/mol. The Hall–Kier alpha value is -0.780. The van der Waals surface area contributed by atoms with Crippen LogP contribution in [-0.2, 0) is 6.54 Å². The Bertz CT molecular complexity index is 502. The van der Waals surface area contributed by atoms with Gasteiger partial charge in [-0.25, -0.2) is 9.37 Å². The van der Waals surface area contributed by atoms with Gasteiger partial charge in [0.05, 0.1) is 5.01 Å². The Kier molecular flexibility index (Phi) is 4.86. The van der Waals surface area contributed by atoms with Crippen molar-refractivity contribution in [3.05, 3.63) is 50.6 Å². The maximum Gasteiger partial charge on any atom is 0.127 e. The zero-order valence-corrected chi connectivity index (χ0v) is 12.4. The Balaban J connectivity index is 1.87. The third-order valence-electron chi connectivity index (χ3n) is 2.65. The Morgan fingerprint density at radius 1 is 1.50 bits per heavy atom. The van der Waals surface area contributed by atoms with Gasteiger partial charge in [0, 0.05) is 40.6 Å². The van der Waals surface area contributed by atoms with Crippen LogP contribution in [0.4, 0.5) is 4.39 Å². The molecule has 0 aliphatic rings. The van der Waals surface area contributed by atoms with Crippen LogP contribution < -0.4 is 5.32 Å². The number of hydrogen-bond donors (Lipinski definition) is 1. The summed E-state index contributed by atoms with van der Waals surface area (Å²) < 4.78 is 14.4. The van der Waals surface area contributed by atoms with Crippen LogP contribution in [0.2, 0.25) is 0 Å². The molecular formula is C13H14BrFN2S. The summed E-state index contributed by atoms with van der Waals surface area (Å²) in [4.78, 5) is 4.27. The molecule has 0 amide bonds. The average Bonchev–Trinajstić information content (AvgIpc) is 2.87. The van der Waals surface area contributed by atoms with E-state index in [-0.39, 0.29) is 5.82 Å². The molecule has 2 aromatic rings. The highest BCUT2D eigenvalue weighted by molar-refractivity contribution is 9.10. The van der Waals surface area contributed by atoms with Crippen molar-refractivity contribution < 1.29 is 4.39 Å². The second-order valence-electron chi connectivity index (χ2n) is 4.14. The number of nitrogens with zero attached hydrogens (tertiary/aromatic N) is 1. The third kappa shape index (κ3) is 3.60. The van der Waals surface area contributed by atoms with Gasteiger partial charge in [-0.3, -0.25) is 0 Å². The van der Waals surface area contributed by atoms with Crippen LogP contribution in [0.1, 0.15) is 23.4 Å². The van der Waals surface area contributed by atoms with E-state index in [4.69, 9.17) is 0 Å². The largest absolute Gasteiger partial charge is 0.312 e. The van der Waals surface area contributed by atoms with Gasteiger partial charge < -0.3 is 5.32 Å².